The third kappa shape index (κ3) is 1.21. The SMILES string of the molecule is SCc1cc2cccc(Cl)c2[nH]1. The van der Waals surface area contributed by atoms with Gasteiger partial charge in [0.2, 0.25) is 0 Å². The molecular weight excluding hydrogens is 190 g/mol. The van der Waals surface area contributed by atoms with Gasteiger partial charge in [0, 0.05) is 16.8 Å². The Balaban J connectivity index is 2.74. The molecule has 1 N–H and O–H groups in total. The van der Waals surface area contributed by atoms with Crippen molar-refractivity contribution in [1.82, 2.24) is 4.98 Å². The van der Waals surface area contributed by atoms with E-state index in [1.165, 1.54) is 0 Å². The molecule has 3 heteroatoms. The van der Waals surface area contributed by atoms with Gasteiger partial charge in [-0.3, -0.25) is 0 Å². The monoisotopic (exact) mass is 197 g/mol. The third-order valence-corrected chi connectivity index (χ3v) is 2.49. The number of H-pyrrole nitrogens is 1. The van der Waals surface area contributed by atoms with E-state index in [4.69, 9.17) is 11.6 Å². The Hall–Kier alpha value is -0.600. The zero-order chi connectivity index (χ0) is 8.55. The summed E-state index contributed by atoms with van der Waals surface area (Å²) in [5, 5.41) is 1.91. The van der Waals surface area contributed by atoms with E-state index >= 15 is 0 Å². The van der Waals surface area contributed by atoms with Gasteiger partial charge in [0.15, 0.2) is 0 Å². The lowest BCUT2D eigenvalue weighted by molar-refractivity contribution is 1.27. The Kier molecular flexibility index (Phi) is 2.03. The fraction of sp³-hybridized carbons (Fsp3) is 0.111. The summed E-state index contributed by atoms with van der Waals surface area (Å²) in [6, 6.07) is 7.92. The molecule has 1 aromatic heterocycles. The lowest BCUT2D eigenvalue weighted by Gasteiger charge is -1.90. The first-order chi connectivity index (χ1) is 5.81. The van der Waals surface area contributed by atoms with E-state index in [-0.39, 0.29) is 0 Å². The number of rotatable bonds is 1. The van der Waals surface area contributed by atoms with Crippen LogP contribution in [0.4, 0.5) is 0 Å². The average molecular weight is 198 g/mol. The second-order valence-corrected chi connectivity index (χ2v) is 3.38. The van der Waals surface area contributed by atoms with Gasteiger partial charge in [0.25, 0.3) is 0 Å². The minimum Gasteiger partial charge on any atom is -0.356 e. The predicted molar refractivity (Wildman–Crippen MR) is 56.0 cm³/mol. The number of nitrogens with one attached hydrogen (secondary N) is 1. The zero-order valence-corrected chi connectivity index (χ0v) is 7.99. The topological polar surface area (TPSA) is 15.8 Å². The van der Waals surface area contributed by atoms with Crippen molar-refractivity contribution in [3.8, 4) is 0 Å². The molecule has 1 heterocycles. The molecule has 0 amide bonds. The number of halogens is 1. The van der Waals surface area contributed by atoms with Gasteiger partial charge < -0.3 is 4.98 Å². The molecule has 0 fully saturated rings. The standard InChI is InChI=1S/C9H8ClNS/c10-8-3-1-2-6-4-7(5-12)11-9(6)8/h1-4,11-12H,5H2. The van der Waals surface area contributed by atoms with Crippen molar-refractivity contribution in [2.24, 2.45) is 0 Å². The lowest BCUT2D eigenvalue weighted by atomic mass is 10.2. The van der Waals surface area contributed by atoms with Crippen molar-refractivity contribution in [2.45, 2.75) is 5.75 Å². The molecule has 0 aliphatic rings. The summed E-state index contributed by atoms with van der Waals surface area (Å²) in [4.78, 5) is 3.21. The predicted octanol–water partition coefficient (Wildman–Crippen LogP) is 3.25. The van der Waals surface area contributed by atoms with Crippen LogP contribution in [-0.2, 0) is 5.75 Å². The quantitative estimate of drug-likeness (QED) is 0.653. The summed E-state index contributed by atoms with van der Waals surface area (Å²) in [7, 11) is 0. The van der Waals surface area contributed by atoms with E-state index in [1.807, 2.05) is 18.2 Å². The fourth-order valence-corrected chi connectivity index (χ4v) is 1.66. The molecule has 2 rings (SSSR count). The van der Waals surface area contributed by atoms with Crippen LogP contribution in [0.5, 0.6) is 0 Å². The molecule has 0 aliphatic heterocycles. The number of benzene rings is 1. The van der Waals surface area contributed by atoms with E-state index in [2.05, 4.69) is 23.7 Å². The maximum Gasteiger partial charge on any atom is 0.0647 e. The maximum atomic E-state index is 5.97. The normalized spacial score (nSPS) is 10.8. The number of fused-ring (bicyclic) bond motifs is 1. The van der Waals surface area contributed by atoms with E-state index in [0.29, 0.717) is 5.75 Å². The smallest absolute Gasteiger partial charge is 0.0647 e. The van der Waals surface area contributed by atoms with Gasteiger partial charge >= 0.3 is 0 Å². The van der Waals surface area contributed by atoms with E-state index < -0.39 is 0 Å². The second kappa shape index (κ2) is 3.04. The molecule has 2 aromatic rings. The first-order valence-corrected chi connectivity index (χ1v) is 4.69. The van der Waals surface area contributed by atoms with Gasteiger partial charge in [0.05, 0.1) is 10.5 Å². The Morgan fingerprint density at radius 3 is 2.92 bits per heavy atom. The molecule has 0 saturated carbocycles. The van der Waals surface area contributed by atoms with Crippen molar-refractivity contribution in [3.63, 3.8) is 0 Å². The van der Waals surface area contributed by atoms with Gasteiger partial charge in [-0.1, -0.05) is 23.7 Å². The molecular formula is C9H8ClNS. The molecule has 0 aliphatic carbocycles. The first kappa shape index (κ1) is 8.02. The average Bonchev–Trinajstić information content (AvgIpc) is 2.49. The van der Waals surface area contributed by atoms with Crippen LogP contribution < -0.4 is 0 Å². The van der Waals surface area contributed by atoms with Crippen molar-refractivity contribution in [3.05, 3.63) is 35.0 Å². The molecule has 12 heavy (non-hydrogen) atoms. The number of aromatic nitrogens is 1. The third-order valence-electron chi connectivity index (χ3n) is 1.83. The van der Waals surface area contributed by atoms with Crippen molar-refractivity contribution in [1.29, 1.82) is 0 Å². The molecule has 0 bridgehead atoms. The van der Waals surface area contributed by atoms with Crippen LogP contribution in [0.15, 0.2) is 24.3 Å². The fourth-order valence-electron chi connectivity index (χ4n) is 1.26. The summed E-state index contributed by atoms with van der Waals surface area (Å²) in [6.07, 6.45) is 0. The Morgan fingerprint density at radius 1 is 1.42 bits per heavy atom. The van der Waals surface area contributed by atoms with Crippen LogP contribution in [0.1, 0.15) is 5.69 Å². The summed E-state index contributed by atoms with van der Waals surface area (Å²) in [5.41, 5.74) is 2.10. The second-order valence-electron chi connectivity index (χ2n) is 2.66. The van der Waals surface area contributed by atoms with Crippen molar-refractivity contribution in [2.75, 3.05) is 0 Å². The Bertz CT molecular complexity index is 408. The van der Waals surface area contributed by atoms with Crippen LogP contribution in [0, 0.1) is 0 Å². The zero-order valence-electron chi connectivity index (χ0n) is 6.34. The van der Waals surface area contributed by atoms with E-state index in [1.54, 1.807) is 0 Å². The summed E-state index contributed by atoms with van der Waals surface area (Å²) in [5.74, 6) is 0.713. The van der Waals surface area contributed by atoms with Crippen LogP contribution in [-0.4, -0.2) is 4.98 Å². The number of aromatic amines is 1. The van der Waals surface area contributed by atoms with Crippen molar-refractivity contribution < 1.29 is 0 Å². The Morgan fingerprint density at radius 2 is 2.25 bits per heavy atom. The van der Waals surface area contributed by atoms with Gasteiger partial charge in [-0.2, -0.15) is 12.6 Å². The molecule has 62 valence electrons. The molecule has 0 atom stereocenters. The summed E-state index contributed by atoms with van der Waals surface area (Å²) >= 11 is 10.2. The number of thiol groups is 1. The molecule has 0 radical (unpaired) electrons. The number of hydrogen-bond acceptors (Lipinski definition) is 1. The highest BCUT2D eigenvalue weighted by atomic mass is 35.5. The van der Waals surface area contributed by atoms with Gasteiger partial charge in [-0.25, -0.2) is 0 Å². The van der Waals surface area contributed by atoms with Crippen LogP contribution in [0.2, 0.25) is 5.02 Å². The molecule has 0 spiro atoms. The Labute approximate surface area is 81.1 Å². The highest BCUT2D eigenvalue weighted by Gasteiger charge is 2.01. The van der Waals surface area contributed by atoms with Gasteiger partial charge in [0.1, 0.15) is 0 Å². The van der Waals surface area contributed by atoms with Crippen LogP contribution in [0.25, 0.3) is 10.9 Å². The largest absolute Gasteiger partial charge is 0.356 e. The minimum absolute atomic E-state index is 0.713. The van der Waals surface area contributed by atoms with Crippen molar-refractivity contribution >= 4 is 35.1 Å². The maximum absolute atomic E-state index is 5.97. The summed E-state index contributed by atoms with van der Waals surface area (Å²) in [6.45, 7) is 0. The van der Waals surface area contributed by atoms with Crippen LogP contribution >= 0.6 is 24.2 Å². The van der Waals surface area contributed by atoms with Gasteiger partial charge in [-0.05, 0) is 12.1 Å². The lowest BCUT2D eigenvalue weighted by Crippen LogP contribution is -1.73. The molecule has 0 unspecified atom stereocenters. The molecule has 1 aromatic carbocycles. The van der Waals surface area contributed by atoms with Gasteiger partial charge in [-0.15, -0.1) is 0 Å². The first-order valence-electron chi connectivity index (χ1n) is 3.68. The molecule has 1 nitrogen and oxygen atoms in total. The minimum atomic E-state index is 0.713. The summed E-state index contributed by atoms with van der Waals surface area (Å²) < 4.78 is 0. The number of para-hydroxylation sites is 1. The molecule has 0 saturated heterocycles. The highest BCUT2D eigenvalue weighted by molar-refractivity contribution is 7.79. The van der Waals surface area contributed by atoms with Crippen LogP contribution in [0.3, 0.4) is 0 Å². The number of hydrogen-bond donors (Lipinski definition) is 2. The van der Waals surface area contributed by atoms with E-state index in [0.717, 1.165) is 21.6 Å². The highest BCUT2D eigenvalue weighted by Crippen LogP contribution is 2.23. The van der Waals surface area contributed by atoms with E-state index in [9.17, 15) is 0 Å².